The second-order valence-electron chi connectivity index (χ2n) is 3.39. The molecule has 1 unspecified atom stereocenters. The summed E-state index contributed by atoms with van der Waals surface area (Å²) in [4.78, 5) is 12.6. The molecular formula is C11H16N2O. The van der Waals surface area contributed by atoms with Gasteiger partial charge in [0.2, 0.25) is 5.91 Å². The summed E-state index contributed by atoms with van der Waals surface area (Å²) in [7, 11) is 1.72. The van der Waals surface area contributed by atoms with E-state index in [4.69, 9.17) is 5.73 Å². The SMILES string of the molecule is CC(=O)N(C)C(N)Cc1ccccc1. The zero-order valence-corrected chi connectivity index (χ0v) is 8.60. The molecule has 0 aromatic heterocycles. The molecule has 0 bridgehead atoms. The van der Waals surface area contributed by atoms with Crippen molar-refractivity contribution >= 4 is 5.91 Å². The van der Waals surface area contributed by atoms with E-state index >= 15 is 0 Å². The van der Waals surface area contributed by atoms with Crippen LogP contribution in [0.5, 0.6) is 0 Å². The quantitative estimate of drug-likeness (QED) is 0.726. The predicted octanol–water partition coefficient (Wildman–Crippen LogP) is 0.992. The maximum absolute atomic E-state index is 11.0. The van der Waals surface area contributed by atoms with Gasteiger partial charge in [-0.25, -0.2) is 0 Å². The van der Waals surface area contributed by atoms with Gasteiger partial charge in [-0.2, -0.15) is 0 Å². The van der Waals surface area contributed by atoms with Crippen molar-refractivity contribution in [2.24, 2.45) is 5.73 Å². The molecule has 0 fully saturated rings. The summed E-state index contributed by atoms with van der Waals surface area (Å²) in [5, 5.41) is 0. The molecular weight excluding hydrogens is 176 g/mol. The van der Waals surface area contributed by atoms with Gasteiger partial charge in [-0.1, -0.05) is 30.3 Å². The van der Waals surface area contributed by atoms with E-state index in [1.165, 1.54) is 6.92 Å². The number of likely N-dealkylation sites (N-methyl/N-ethyl adjacent to an activating group) is 1. The van der Waals surface area contributed by atoms with Crippen LogP contribution in [-0.2, 0) is 11.2 Å². The summed E-state index contributed by atoms with van der Waals surface area (Å²) in [5.74, 6) is -0.00608. The summed E-state index contributed by atoms with van der Waals surface area (Å²) >= 11 is 0. The van der Waals surface area contributed by atoms with Crippen molar-refractivity contribution < 1.29 is 4.79 Å². The van der Waals surface area contributed by atoms with Crippen molar-refractivity contribution in [2.75, 3.05) is 7.05 Å². The Hall–Kier alpha value is -1.35. The van der Waals surface area contributed by atoms with Crippen molar-refractivity contribution in [3.05, 3.63) is 35.9 Å². The van der Waals surface area contributed by atoms with Crippen LogP contribution in [0, 0.1) is 0 Å². The molecule has 1 aromatic carbocycles. The lowest BCUT2D eigenvalue weighted by molar-refractivity contribution is -0.129. The smallest absolute Gasteiger partial charge is 0.220 e. The van der Waals surface area contributed by atoms with Crippen LogP contribution in [0.15, 0.2) is 30.3 Å². The van der Waals surface area contributed by atoms with E-state index in [1.807, 2.05) is 30.3 Å². The third kappa shape index (κ3) is 2.85. The summed E-state index contributed by atoms with van der Waals surface area (Å²) in [6, 6.07) is 9.91. The lowest BCUT2D eigenvalue weighted by atomic mass is 10.1. The number of rotatable bonds is 3. The molecule has 0 aliphatic rings. The van der Waals surface area contributed by atoms with E-state index in [-0.39, 0.29) is 12.1 Å². The average Bonchev–Trinajstić information content (AvgIpc) is 2.18. The molecule has 1 amide bonds. The molecule has 1 atom stereocenters. The van der Waals surface area contributed by atoms with E-state index in [0.717, 1.165) is 5.56 Å². The summed E-state index contributed by atoms with van der Waals surface area (Å²) < 4.78 is 0. The maximum Gasteiger partial charge on any atom is 0.220 e. The molecule has 14 heavy (non-hydrogen) atoms. The highest BCUT2D eigenvalue weighted by Crippen LogP contribution is 2.03. The van der Waals surface area contributed by atoms with Gasteiger partial charge in [0, 0.05) is 20.4 Å². The molecule has 2 N–H and O–H groups in total. The van der Waals surface area contributed by atoms with Gasteiger partial charge >= 0.3 is 0 Å². The van der Waals surface area contributed by atoms with Crippen LogP contribution in [0.2, 0.25) is 0 Å². The number of hydrogen-bond donors (Lipinski definition) is 1. The fourth-order valence-corrected chi connectivity index (χ4v) is 1.23. The number of carbonyl (C=O) groups is 1. The van der Waals surface area contributed by atoms with E-state index in [2.05, 4.69) is 0 Å². The Morgan fingerprint density at radius 2 is 2.00 bits per heavy atom. The molecule has 1 aromatic rings. The molecule has 1 rings (SSSR count). The first kappa shape index (κ1) is 10.7. The van der Waals surface area contributed by atoms with Crippen LogP contribution in [0.25, 0.3) is 0 Å². The van der Waals surface area contributed by atoms with Crippen LogP contribution in [0.1, 0.15) is 12.5 Å². The number of hydrogen-bond acceptors (Lipinski definition) is 2. The average molecular weight is 192 g/mol. The molecule has 0 radical (unpaired) electrons. The van der Waals surface area contributed by atoms with Crippen molar-refractivity contribution in [3.63, 3.8) is 0 Å². The fraction of sp³-hybridized carbons (Fsp3) is 0.364. The van der Waals surface area contributed by atoms with Gasteiger partial charge in [-0.05, 0) is 5.56 Å². The van der Waals surface area contributed by atoms with E-state index in [9.17, 15) is 4.79 Å². The van der Waals surface area contributed by atoms with Crippen LogP contribution < -0.4 is 5.73 Å². The van der Waals surface area contributed by atoms with Crippen LogP contribution >= 0.6 is 0 Å². The molecule has 3 nitrogen and oxygen atoms in total. The van der Waals surface area contributed by atoms with Gasteiger partial charge in [0.15, 0.2) is 0 Å². The largest absolute Gasteiger partial charge is 0.330 e. The molecule has 0 saturated carbocycles. The number of amides is 1. The number of nitrogens with two attached hydrogens (primary N) is 1. The Morgan fingerprint density at radius 1 is 1.43 bits per heavy atom. The monoisotopic (exact) mass is 192 g/mol. The Kier molecular flexibility index (Phi) is 3.65. The Labute approximate surface area is 84.5 Å². The molecule has 76 valence electrons. The Balaban J connectivity index is 2.57. The van der Waals surface area contributed by atoms with Crippen LogP contribution in [-0.4, -0.2) is 24.0 Å². The zero-order chi connectivity index (χ0) is 10.6. The van der Waals surface area contributed by atoms with Crippen molar-refractivity contribution in [1.29, 1.82) is 0 Å². The highest BCUT2D eigenvalue weighted by atomic mass is 16.2. The zero-order valence-electron chi connectivity index (χ0n) is 8.60. The highest BCUT2D eigenvalue weighted by Gasteiger charge is 2.11. The lowest BCUT2D eigenvalue weighted by Gasteiger charge is -2.23. The predicted molar refractivity (Wildman–Crippen MR) is 56.6 cm³/mol. The molecule has 3 heteroatoms. The summed E-state index contributed by atoms with van der Waals surface area (Å²) in [5.41, 5.74) is 7.00. The Morgan fingerprint density at radius 3 is 2.50 bits per heavy atom. The Bertz CT molecular complexity index is 297. The van der Waals surface area contributed by atoms with E-state index in [0.29, 0.717) is 6.42 Å². The standard InChI is InChI=1S/C11H16N2O/c1-9(14)13(2)11(12)8-10-6-4-3-5-7-10/h3-7,11H,8,12H2,1-2H3. The minimum absolute atomic E-state index is 0.00608. The van der Waals surface area contributed by atoms with Gasteiger partial charge in [0.05, 0.1) is 6.17 Å². The second kappa shape index (κ2) is 4.77. The molecule has 0 saturated heterocycles. The molecule has 0 aliphatic heterocycles. The third-order valence-electron chi connectivity index (χ3n) is 2.28. The van der Waals surface area contributed by atoms with Gasteiger partial charge in [-0.3, -0.25) is 4.79 Å². The van der Waals surface area contributed by atoms with Crippen molar-refractivity contribution in [2.45, 2.75) is 19.5 Å². The topological polar surface area (TPSA) is 46.3 Å². The van der Waals surface area contributed by atoms with Gasteiger partial charge in [0.1, 0.15) is 0 Å². The normalized spacial score (nSPS) is 12.2. The van der Waals surface area contributed by atoms with E-state index < -0.39 is 0 Å². The lowest BCUT2D eigenvalue weighted by Crippen LogP contribution is -2.43. The molecule has 0 heterocycles. The first-order valence-corrected chi connectivity index (χ1v) is 4.64. The molecule has 0 spiro atoms. The third-order valence-corrected chi connectivity index (χ3v) is 2.28. The van der Waals surface area contributed by atoms with Gasteiger partial charge in [0.25, 0.3) is 0 Å². The van der Waals surface area contributed by atoms with Crippen molar-refractivity contribution in [1.82, 2.24) is 4.90 Å². The minimum atomic E-state index is -0.241. The van der Waals surface area contributed by atoms with Gasteiger partial charge < -0.3 is 10.6 Å². The first-order valence-electron chi connectivity index (χ1n) is 4.64. The van der Waals surface area contributed by atoms with E-state index in [1.54, 1.807) is 11.9 Å². The first-order chi connectivity index (χ1) is 6.61. The number of nitrogens with zero attached hydrogens (tertiary/aromatic N) is 1. The maximum atomic E-state index is 11.0. The second-order valence-corrected chi connectivity index (χ2v) is 3.39. The number of carbonyl (C=O) groups excluding carboxylic acids is 1. The van der Waals surface area contributed by atoms with Gasteiger partial charge in [-0.15, -0.1) is 0 Å². The minimum Gasteiger partial charge on any atom is -0.330 e. The van der Waals surface area contributed by atoms with Crippen molar-refractivity contribution in [3.8, 4) is 0 Å². The summed E-state index contributed by atoms with van der Waals surface area (Å²) in [6.45, 7) is 1.52. The molecule has 0 aliphatic carbocycles. The number of benzene rings is 1. The fourth-order valence-electron chi connectivity index (χ4n) is 1.23. The summed E-state index contributed by atoms with van der Waals surface area (Å²) in [6.07, 6.45) is 0.451. The van der Waals surface area contributed by atoms with Crippen LogP contribution in [0.4, 0.5) is 0 Å². The van der Waals surface area contributed by atoms with Crippen LogP contribution in [0.3, 0.4) is 0 Å². The highest BCUT2D eigenvalue weighted by molar-refractivity contribution is 5.73.